The Morgan fingerprint density at radius 3 is 2.70 bits per heavy atom. The number of rotatable bonds is 2. The maximum atomic E-state index is 6.78. The number of fused-ring (bicyclic) bond motifs is 5. The molecule has 0 unspecified atom stereocenters. The Morgan fingerprint density at radius 1 is 1.10 bits per heavy atom. The van der Waals surface area contributed by atoms with E-state index in [1.807, 2.05) is 12.1 Å². The second-order valence-corrected chi connectivity index (χ2v) is 9.56. The van der Waals surface area contributed by atoms with E-state index in [1.165, 1.54) is 46.4 Å². The fraction of sp³-hybridized carbons (Fsp3) is 0.407. The first-order chi connectivity index (χ1) is 14.4. The van der Waals surface area contributed by atoms with Gasteiger partial charge in [0.1, 0.15) is 17.6 Å². The van der Waals surface area contributed by atoms with Gasteiger partial charge in [-0.15, -0.1) is 0 Å². The Morgan fingerprint density at radius 2 is 1.93 bits per heavy atom. The number of anilines is 1. The topological polar surface area (TPSA) is 30.5 Å². The molecule has 2 aliphatic heterocycles. The van der Waals surface area contributed by atoms with Crippen LogP contribution in [0.25, 0.3) is 16.7 Å². The summed E-state index contributed by atoms with van der Waals surface area (Å²) in [5.41, 5.74) is 8.84. The molecule has 156 valence electrons. The molecule has 5 rings (SSSR count). The summed E-state index contributed by atoms with van der Waals surface area (Å²) in [6, 6.07) is 10.6. The summed E-state index contributed by atoms with van der Waals surface area (Å²) in [6.07, 6.45) is 8.38. The lowest BCUT2D eigenvalue weighted by Gasteiger charge is -2.40. The Labute approximate surface area is 179 Å². The zero-order valence-electron chi connectivity index (χ0n) is 18.6. The Hall–Kier alpha value is -2.68. The normalized spacial score (nSPS) is 23.6. The SMILES string of the molecule is COc1cccc2c1-c1ccc3c(c1[C@@H]([C@H]1C=C(C)CCC1)O2)C(C)=CC(C)(C)N3. The highest BCUT2D eigenvalue weighted by Crippen LogP contribution is 2.54. The monoisotopic (exact) mass is 401 g/mol. The van der Waals surface area contributed by atoms with Crippen molar-refractivity contribution in [2.75, 3.05) is 12.4 Å². The maximum absolute atomic E-state index is 6.78. The number of nitrogens with one attached hydrogen (secondary N) is 1. The van der Waals surface area contributed by atoms with Gasteiger partial charge in [0.15, 0.2) is 0 Å². The van der Waals surface area contributed by atoms with E-state index in [4.69, 9.17) is 9.47 Å². The molecule has 0 fully saturated rings. The van der Waals surface area contributed by atoms with Gasteiger partial charge >= 0.3 is 0 Å². The van der Waals surface area contributed by atoms with Crippen molar-refractivity contribution >= 4 is 11.3 Å². The van der Waals surface area contributed by atoms with Crippen molar-refractivity contribution in [3.05, 3.63) is 59.2 Å². The molecule has 1 aliphatic carbocycles. The molecule has 0 saturated heterocycles. The summed E-state index contributed by atoms with van der Waals surface area (Å²) >= 11 is 0. The van der Waals surface area contributed by atoms with E-state index in [2.05, 4.69) is 63.4 Å². The lowest BCUT2D eigenvalue weighted by Crippen LogP contribution is -2.33. The Balaban J connectivity index is 1.78. The van der Waals surface area contributed by atoms with Crippen LogP contribution in [0.2, 0.25) is 0 Å². The van der Waals surface area contributed by atoms with E-state index in [-0.39, 0.29) is 11.6 Å². The van der Waals surface area contributed by atoms with E-state index >= 15 is 0 Å². The van der Waals surface area contributed by atoms with Crippen molar-refractivity contribution in [1.82, 2.24) is 0 Å². The molecule has 0 bridgehead atoms. The van der Waals surface area contributed by atoms with Gasteiger partial charge in [-0.05, 0) is 76.3 Å². The second-order valence-electron chi connectivity index (χ2n) is 9.56. The van der Waals surface area contributed by atoms with Crippen molar-refractivity contribution in [1.29, 1.82) is 0 Å². The molecule has 0 saturated carbocycles. The van der Waals surface area contributed by atoms with Crippen molar-refractivity contribution in [3.8, 4) is 22.6 Å². The summed E-state index contributed by atoms with van der Waals surface area (Å²) in [6.45, 7) is 8.93. The molecule has 2 heterocycles. The van der Waals surface area contributed by atoms with Gasteiger partial charge in [0.2, 0.25) is 0 Å². The number of allylic oxidation sites excluding steroid dienone is 2. The highest BCUT2D eigenvalue weighted by atomic mass is 16.5. The molecule has 2 atom stereocenters. The fourth-order valence-corrected chi connectivity index (χ4v) is 5.59. The van der Waals surface area contributed by atoms with E-state index in [1.54, 1.807) is 7.11 Å². The number of hydrogen-bond acceptors (Lipinski definition) is 3. The summed E-state index contributed by atoms with van der Waals surface area (Å²) in [4.78, 5) is 0. The van der Waals surface area contributed by atoms with Crippen molar-refractivity contribution in [2.45, 2.75) is 58.6 Å². The predicted octanol–water partition coefficient (Wildman–Crippen LogP) is 7.15. The third-order valence-corrected chi connectivity index (χ3v) is 6.69. The van der Waals surface area contributed by atoms with Crippen LogP contribution in [0.5, 0.6) is 11.5 Å². The molecule has 0 amide bonds. The first-order valence-electron chi connectivity index (χ1n) is 11.0. The summed E-state index contributed by atoms with van der Waals surface area (Å²) in [5, 5.41) is 3.72. The first kappa shape index (κ1) is 19.3. The lowest BCUT2D eigenvalue weighted by atomic mass is 9.76. The molecular weight excluding hydrogens is 370 g/mol. The van der Waals surface area contributed by atoms with E-state index < -0.39 is 0 Å². The zero-order chi connectivity index (χ0) is 21.0. The highest BCUT2D eigenvalue weighted by molar-refractivity contribution is 5.91. The average Bonchev–Trinajstić information content (AvgIpc) is 2.71. The molecule has 30 heavy (non-hydrogen) atoms. The smallest absolute Gasteiger partial charge is 0.131 e. The number of benzene rings is 2. The van der Waals surface area contributed by atoms with Gasteiger partial charge in [-0.2, -0.15) is 0 Å². The average molecular weight is 402 g/mol. The third-order valence-electron chi connectivity index (χ3n) is 6.69. The standard InChI is InChI=1S/C27H31NO2/c1-16-8-6-9-18(14-16)26-25-19(24-21(29-5)10-7-11-22(24)30-26)12-13-20-23(25)17(2)15-27(3,4)28-20/h7,10-15,18,26,28H,6,8-9H2,1-5H3/t18-,26-/m1/s1. The molecule has 3 nitrogen and oxygen atoms in total. The van der Waals surface area contributed by atoms with Crippen molar-refractivity contribution in [2.24, 2.45) is 5.92 Å². The summed E-state index contributed by atoms with van der Waals surface area (Å²) < 4.78 is 12.5. The first-order valence-corrected chi connectivity index (χ1v) is 11.0. The van der Waals surface area contributed by atoms with Crippen LogP contribution in [0, 0.1) is 5.92 Å². The molecule has 0 spiro atoms. The fourth-order valence-electron chi connectivity index (χ4n) is 5.59. The van der Waals surface area contributed by atoms with Crippen molar-refractivity contribution in [3.63, 3.8) is 0 Å². The van der Waals surface area contributed by atoms with Gasteiger partial charge in [-0.3, -0.25) is 0 Å². The summed E-state index contributed by atoms with van der Waals surface area (Å²) in [7, 11) is 1.74. The summed E-state index contributed by atoms with van der Waals surface area (Å²) in [5.74, 6) is 2.17. The molecular formula is C27H31NO2. The number of hydrogen-bond donors (Lipinski definition) is 1. The minimum atomic E-state index is -0.0622. The molecule has 0 radical (unpaired) electrons. The van der Waals surface area contributed by atoms with Gasteiger partial charge in [0.05, 0.1) is 18.2 Å². The Bertz CT molecular complexity index is 1080. The van der Waals surface area contributed by atoms with E-state index in [9.17, 15) is 0 Å². The van der Waals surface area contributed by atoms with Crippen molar-refractivity contribution < 1.29 is 9.47 Å². The predicted molar refractivity (Wildman–Crippen MR) is 124 cm³/mol. The molecule has 1 N–H and O–H groups in total. The highest BCUT2D eigenvalue weighted by Gasteiger charge is 2.38. The maximum Gasteiger partial charge on any atom is 0.131 e. The van der Waals surface area contributed by atoms with Crippen LogP contribution in [-0.4, -0.2) is 12.6 Å². The number of ether oxygens (including phenoxy) is 2. The van der Waals surface area contributed by atoms with Gasteiger partial charge in [0.25, 0.3) is 0 Å². The lowest BCUT2D eigenvalue weighted by molar-refractivity contribution is 0.145. The molecule has 2 aromatic rings. The molecule has 3 aliphatic rings. The van der Waals surface area contributed by atoms with Crippen LogP contribution in [-0.2, 0) is 0 Å². The third kappa shape index (κ3) is 3.03. The van der Waals surface area contributed by atoms with Gasteiger partial charge < -0.3 is 14.8 Å². The molecule has 3 heteroatoms. The second kappa shape index (κ2) is 6.94. The van der Waals surface area contributed by atoms with Crippen LogP contribution < -0.4 is 14.8 Å². The molecule has 0 aromatic heterocycles. The minimum Gasteiger partial charge on any atom is -0.496 e. The van der Waals surface area contributed by atoms with Crippen LogP contribution in [0.3, 0.4) is 0 Å². The van der Waals surface area contributed by atoms with E-state index in [0.29, 0.717) is 5.92 Å². The zero-order valence-corrected chi connectivity index (χ0v) is 18.6. The van der Waals surface area contributed by atoms with Crippen LogP contribution in [0.4, 0.5) is 5.69 Å². The van der Waals surface area contributed by atoms with Crippen LogP contribution in [0.15, 0.2) is 48.1 Å². The minimum absolute atomic E-state index is 0.0103. The van der Waals surface area contributed by atoms with Crippen LogP contribution >= 0.6 is 0 Å². The van der Waals surface area contributed by atoms with Gasteiger partial charge in [0, 0.05) is 22.7 Å². The Kier molecular flexibility index (Phi) is 4.46. The number of methoxy groups -OCH3 is 1. The molecule has 2 aromatic carbocycles. The quantitative estimate of drug-likeness (QED) is 0.542. The van der Waals surface area contributed by atoms with E-state index in [0.717, 1.165) is 23.5 Å². The largest absolute Gasteiger partial charge is 0.496 e. The van der Waals surface area contributed by atoms with Gasteiger partial charge in [-0.1, -0.05) is 29.9 Å². The van der Waals surface area contributed by atoms with Crippen LogP contribution in [0.1, 0.15) is 64.2 Å². The van der Waals surface area contributed by atoms with Gasteiger partial charge in [-0.25, -0.2) is 0 Å².